The fourth-order valence-corrected chi connectivity index (χ4v) is 5.17. The van der Waals surface area contributed by atoms with Gasteiger partial charge in [0.2, 0.25) is 0 Å². The average Bonchev–Trinajstić information content (AvgIpc) is 3.35. The van der Waals surface area contributed by atoms with Crippen molar-refractivity contribution in [2.24, 2.45) is 4.99 Å². The largest absolute Gasteiger partial charge is 0.496 e. The van der Waals surface area contributed by atoms with E-state index >= 15 is 0 Å². The highest BCUT2D eigenvalue weighted by molar-refractivity contribution is 7.07. The molecule has 0 spiro atoms. The van der Waals surface area contributed by atoms with Gasteiger partial charge in [-0.1, -0.05) is 36.3 Å². The van der Waals surface area contributed by atoms with Gasteiger partial charge in [0.05, 0.1) is 29.5 Å². The number of carbonyl (C=O) groups excluding carboxylic acids is 1. The highest BCUT2D eigenvalue weighted by Crippen LogP contribution is 2.38. The van der Waals surface area contributed by atoms with Crippen molar-refractivity contribution in [2.45, 2.75) is 39.7 Å². The lowest BCUT2D eigenvalue weighted by atomic mass is 9.93. The molecule has 0 radical (unpaired) electrons. The van der Waals surface area contributed by atoms with Gasteiger partial charge < -0.3 is 13.9 Å². The van der Waals surface area contributed by atoms with Crippen LogP contribution in [-0.2, 0) is 9.53 Å². The van der Waals surface area contributed by atoms with Crippen molar-refractivity contribution in [3.63, 3.8) is 0 Å². The van der Waals surface area contributed by atoms with Crippen molar-refractivity contribution in [3.8, 4) is 5.75 Å². The molecule has 0 saturated carbocycles. The van der Waals surface area contributed by atoms with Crippen LogP contribution in [0.25, 0.3) is 6.08 Å². The van der Waals surface area contributed by atoms with E-state index in [0.717, 1.165) is 12.2 Å². The predicted octanol–water partition coefficient (Wildman–Crippen LogP) is 4.14. The zero-order valence-corrected chi connectivity index (χ0v) is 21.0. The molecule has 3 aromatic rings. The van der Waals surface area contributed by atoms with Crippen molar-refractivity contribution in [3.05, 3.63) is 83.4 Å². The maximum atomic E-state index is 13.7. The Morgan fingerprint density at radius 1 is 1.29 bits per heavy atom. The van der Waals surface area contributed by atoms with E-state index in [2.05, 4.69) is 0 Å². The maximum absolute atomic E-state index is 13.7. The molecule has 7 nitrogen and oxygen atoms in total. The Kier molecular flexibility index (Phi) is 7.09. The zero-order valence-electron chi connectivity index (χ0n) is 19.4. The number of hydrogen-bond acceptors (Lipinski definition) is 7. The standard InChI is InChI=1S/C25H25ClN2O5S/c1-5-7-18-21(24(30)32-6-2)22(17-12-15(26)9-11-19(17)31-4)28-23(29)20(34-25(28)27-18)13-16-10-8-14(3)33-16/h8-13,22H,5-7H2,1-4H3/b20-13+/t22-/m0/s1. The predicted molar refractivity (Wildman–Crippen MR) is 131 cm³/mol. The Morgan fingerprint density at radius 2 is 2.09 bits per heavy atom. The third kappa shape index (κ3) is 4.48. The normalized spacial score (nSPS) is 15.8. The summed E-state index contributed by atoms with van der Waals surface area (Å²) in [6.45, 7) is 5.79. The second-order valence-corrected chi connectivity index (χ2v) is 9.19. The van der Waals surface area contributed by atoms with Crippen LogP contribution in [-0.4, -0.2) is 24.3 Å². The van der Waals surface area contributed by atoms with Gasteiger partial charge in [-0.25, -0.2) is 9.79 Å². The summed E-state index contributed by atoms with van der Waals surface area (Å²) in [5.74, 6) is 1.30. The molecule has 1 aromatic carbocycles. The molecule has 0 amide bonds. The molecule has 4 rings (SSSR count). The highest BCUT2D eigenvalue weighted by Gasteiger charge is 2.36. The van der Waals surface area contributed by atoms with Crippen LogP contribution < -0.4 is 19.6 Å². The topological polar surface area (TPSA) is 83.0 Å². The number of rotatable bonds is 7. The molecule has 0 fully saturated rings. The van der Waals surface area contributed by atoms with Gasteiger partial charge in [-0.15, -0.1) is 0 Å². The van der Waals surface area contributed by atoms with Crippen molar-refractivity contribution in [1.82, 2.24) is 4.57 Å². The number of thiazole rings is 1. The smallest absolute Gasteiger partial charge is 0.338 e. The zero-order chi connectivity index (χ0) is 24.4. The van der Waals surface area contributed by atoms with E-state index in [0.29, 0.717) is 49.1 Å². The molecule has 3 heterocycles. The van der Waals surface area contributed by atoms with E-state index < -0.39 is 12.0 Å². The van der Waals surface area contributed by atoms with Crippen LogP contribution in [0.3, 0.4) is 0 Å². The van der Waals surface area contributed by atoms with E-state index in [1.807, 2.05) is 19.9 Å². The molecule has 34 heavy (non-hydrogen) atoms. The quantitative estimate of drug-likeness (QED) is 0.455. The molecule has 0 bridgehead atoms. The van der Waals surface area contributed by atoms with E-state index in [4.69, 9.17) is 30.5 Å². The van der Waals surface area contributed by atoms with Crippen LogP contribution in [0.2, 0.25) is 5.02 Å². The molecule has 1 aliphatic heterocycles. The van der Waals surface area contributed by atoms with E-state index in [1.165, 1.54) is 23.0 Å². The summed E-state index contributed by atoms with van der Waals surface area (Å²) in [4.78, 5) is 32.1. The lowest BCUT2D eigenvalue weighted by Gasteiger charge is -2.27. The number of furan rings is 1. The first-order chi connectivity index (χ1) is 16.4. The fourth-order valence-electron chi connectivity index (χ4n) is 3.99. The molecule has 178 valence electrons. The number of hydrogen-bond donors (Lipinski definition) is 0. The number of allylic oxidation sites excluding steroid dienone is 1. The summed E-state index contributed by atoms with van der Waals surface area (Å²) in [6, 6.07) is 7.98. The number of nitrogens with zero attached hydrogens (tertiary/aromatic N) is 2. The number of aromatic nitrogens is 1. The van der Waals surface area contributed by atoms with Crippen LogP contribution in [0.1, 0.15) is 49.8 Å². The van der Waals surface area contributed by atoms with Crippen molar-refractivity contribution in [1.29, 1.82) is 0 Å². The lowest BCUT2D eigenvalue weighted by molar-refractivity contribution is -0.139. The Bertz CT molecular complexity index is 1450. The summed E-state index contributed by atoms with van der Waals surface area (Å²) >= 11 is 7.59. The molecular formula is C25H25ClN2O5S. The third-order valence-corrected chi connectivity index (χ3v) is 6.63. The van der Waals surface area contributed by atoms with Gasteiger partial charge in [-0.3, -0.25) is 9.36 Å². The summed E-state index contributed by atoms with van der Waals surface area (Å²) in [5, 5.41) is 0.459. The van der Waals surface area contributed by atoms with Crippen molar-refractivity contribution >= 4 is 35.0 Å². The SMILES string of the molecule is CCCC1=C(C(=O)OCC)[C@H](c2cc(Cl)ccc2OC)n2c(s/c(=C/c3ccc(C)o3)c2=O)=N1. The van der Waals surface area contributed by atoms with Crippen LogP contribution in [0.15, 0.2) is 55.8 Å². The third-order valence-electron chi connectivity index (χ3n) is 5.41. The van der Waals surface area contributed by atoms with Gasteiger partial charge in [0, 0.05) is 16.7 Å². The Hall–Kier alpha value is -3.10. The molecular weight excluding hydrogens is 476 g/mol. The van der Waals surface area contributed by atoms with Gasteiger partial charge in [-0.05, 0) is 50.6 Å². The number of aryl methyl sites for hydroxylation is 1. The first-order valence-corrected chi connectivity index (χ1v) is 12.2. The van der Waals surface area contributed by atoms with Crippen molar-refractivity contribution in [2.75, 3.05) is 13.7 Å². The lowest BCUT2D eigenvalue weighted by Crippen LogP contribution is -2.40. The van der Waals surface area contributed by atoms with E-state index in [9.17, 15) is 9.59 Å². The van der Waals surface area contributed by atoms with Crippen LogP contribution in [0.5, 0.6) is 5.75 Å². The summed E-state index contributed by atoms with van der Waals surface area (Å²) in [7, 11) is 1.54. The van der Waals surface area contributed by atoms with Crippen molar-refractivity contribution < 1.29 is 18.7 Å². The maximum Gasteiger partial charge on any atom is 0.338 e. The number of fused-ring (bicyclic) bond motifs is 1. The van der Waals surface area contributed by atoms with Gasteiger partial charge in [0.25, 0.3) is 5.56 Å². The second-order valence-electron chi connectivity index (χ2n) is 7.75. The molecule has 1 aliphatic rings. The fraction of sp³-hybridized carbons (Fsp3) is 0.320. The second kappa shape index (κ2) is 10.0. The molecule has 2 aromatic heterocycles. The average molecular weight is 501 g/mol. The minimum atomic E-state index is -0.800. The van der Waals surface area contributed by atoms with Crippen LogP contribution >= 0.6 is 22.9 Å². The van der Waals surface area contributed by atoms with Gasteiger partial charge in [-0.2, -0.15) is 0 Å². The van der Waals surface area contributed by atoms with Crippen LogP contribution in [0.4, 0.5) is 0 Å². The minimum Gasteiger partial charge on any atom is -0.496 e. The first-order valence-electron chi connectivity index (χ1n) is 11.0. The van der Waals surface area contributed by atoms with E-state index in [-0.39, 0.29) is 12.2 Å². The van der Waals surface area contributed by atoms with Gasteiger partial charge in [0.15, 0.2) is 4.80 Å². The number of halogens is 1. The molecule has 0 aliphatic carbocycles. The minimum absolute atomic E-state index is 0.198. The van der Waals surface area contributed by atoms with Gasteiger partial charge in [0.1, 0.15) is 23.3 Å². The Morgan fingerprint density at radius 3 is 2.74 bits per heavy atom. The Balaban J connectivity index is 2.05. The summed E-state index contributed by atoms with van der Waals surface area (Å²) < 4.78 is 18.6. The number of carbonyl (C=O) groups is 1. The number of ether oxygens (including phenoxy) is 2. The monoisotopic (exact) mass is 500 g/mol. The number of esters is 1. The van der Waals surface area contributed by atoms with E-state index in [1.54, 1.807) is 37.3 Å². The molecule has 1 atom stereocenters. The summed E-state index contributed by atoms with van der Waals surface area (Å²) in [5.41, 5.74) is 1.21. The number of benzene rings is 1. The highest BCUT2D eigenvalue weighted by atomic mass is 35.5. The Labute approximate surface area is 205 Å². The summed E-state index contributed by atoms with van der Waals surface area (Å²) in [6.07, 6.45) is 3.01. The molecule has 0 unspecified atom stereocenters. The van der Waals surface area contributed by atoms with Gasteiger partial charge >= 0.3 is 5.97 Å². The first kappa shape index (κ1) is 24.0. The molecule has 0 N–H and O–H groups in total. The van der Waals surface area contributed by atoms with Crippen LogP contribution in [0, 0.1) is 6.92 Å². The molecule has 9 heteroatoms. The molecule has 0 saturated heterocycles. The number of methoxy groups -OCH3 is 1.